The van der Waals surface area contributed by atoms with E-state index in [0.717, 1.165) is 0 Å². The third-order valence-electron chi connectivity index (χ3n) is 2.12. The molecule has 66 valence electrons. The van der Waals surface area contributed by atoms with Crippen LogP contribution < -0.4 is 5.32 Å². The lowest BCUT2D eigenvalue weighted by molar-refractivity contribution is 0.0381. The zero-order valence-electron chi connectivity index (χ0n) is 6.01. The predicted molar refractivity (Wildman–Crippen MR) is 36.3 cm³/mol. The van der Waals surface area contributed by atoms with Gasteiger partial charge in [0.1, 0.15) is 12.5 Å². The first kappa shape index (κ1) is 8.89. The average molecular weight is 163 g/mol. The van der Waals surface area contributed by atoms with Crippen LogP contribution in [0.15, 0.2) is 0 Å². The van der Waals surface area contributed by atoms with Crippen LogP contribution in [-0.4, -0.2) is 46.1 Å². The minimum atomic E-state index is -0.924. The first-order valence-electron chi connectivity index (χ1n) is 3.54. The Labute approximate surface area is 64.3 Å². The lowest BCUT2D eigenvalue weighted by Gasteiger charge is -2.16. The molecule has 4 atom stereocenters. The molecule has 5 nitrogen and oxygen atoms in total. The van der Waals surface area contributed by atoms with Crippen LogP contribution in [0.3, 0.4) is 0 Å². The van der Waals surface area contributed by atoms with Crippen molar-refractivity contribution in [2.24, 2.45) is 11.8 Å². The fraction of sp³-hybridized carbons (Fsp3) is 1.00. The van der Waals surface area contributed by atoms with Crippen LogP contribution in [0.4, 0.5) is 0 Å². The van der Waals surface area contributed by atoms with E-state index in [-0.39, 0.29) is 13.2 Å². The molecule has 11 heavy (non-hydrogen) atoms. The minimum absolute atomic E-state index is 0.240. The molecule has 0 spiro atoms. The van der Waals surface area contributed by atoms with Gasteiger partial charge in [-0.05, 0) is 0 Å². The Hall–Kier alpha value is -0.200. The van der Waals surface area contributed by atoms with E-state index in [1.54, 1.807) is 0 Å². The van der Waals surface area contributed by atoms with E-state index in [9.17, 15) is 0 Å². The molecule has 1 fully saturated rings. The van der Waals surface area contributed by atoms with E-state index < -0.39 is 24.3 Å². The van der Waals surface area contributed by atoms with Crippen molar-refractivity contribution in [3.8, 4) is 0 Å². The molecule has 0 aromatic rings. The van der Waals surface area contributed by atoms with Crippen LogP contribution in [0.1, 0.15) is 0 Å². The van der Waals surface area contributed by atoms with E-state index in [0.29, 0.717) is 0 Å². The van der Waals surface area contributed by atoms with Crippen LogP contribution in [0.5, 0.6) is 0 Å². The summed E-state index contributed by atoms with van der Waals surface area (Å²) in [5.41, 5.74) is 0. The lowest BCUT2D eigenvalue weighted by Crippen LogP contribution is -2.31. The molecule has 0 aliphatic carbocycles. The van der Waals surface area contributed by atoms with Crippen LogP contribution in [0.2, 0.25) is 0 Å². The van der Waals surface area contributed by atoms with Crippen LogP contribution >= 0.6 is 0 Å². The Kier molecular flexibility index (Phi) is 2.80. The highest BCUT2D eigenvalue weighted by Crippen LogP contribution is 2.23. The molecule has 0 aromatic carbocycles. The van der Waals surface area contributed by atoms with Gasteiger partial charge in [0.15, 0.2) is 0 Å². The summed E-state index contributed by atoms with van der Waals surface area (Å²) < 4.78 is 0. The zero-order valence-corrected chi connectivity index (χ0v) is 6.01. The maximum absolute atomic E-state index is 9.12. The third-order valence-corrected chi connectivity index (χ3v) is 2.12. The Morgan fingerprint density at radius 1 is 0.909 bits per heavy atom. The van der Waals surface area contributed by atoms with Gasteiger partial charge in [-0.2, -0.15) is 0 Å². The van der Waals surface area contributed by atoms with E-state index in [1.165, 1.54) is 0 Å². The molecule has 0 radical (unpaired) electrons. The number of hydrogen-bond acceptors (Lipinski definition) is 5. The van der Waals surface area contributed by atoms with Gasteiger partial charge in [0.2, 0.25) is 0 Å². The first-order chi connectivity index (χ1) is 5.20. The van der Waals surface area contributed by atoms with E-state index in [2.05, 4.69) is 5.32 Å². The van der Waals surface area contributed by atoms with Crippen molar-refractivity contribution in [1.82, 2.24) is 5.32 Å². The molecule has 1 rings (SSSR count). The van der Waals surface area contributed by atoms with Crippen LogP contribution in [0.25, 0.3) is 0 Å². The van der Waals surface area contributed by atoms with Gasteiger partial charge in [-0.15, -0.1) is 0 Å². The number of rotatable bonds is 2. The van der Waals surface area contributed by atoms with Gasteiger partial charge in [0.25, 0.3) is 0 Å². The van der Waals surface area contributed by atoms with Crippen molar-refractivity contribution in [1.29, 1.82) is 0 Å². The summed E-state index contributed by atoms with van der Waals surface area (Å²) in [5, 5.41) is 38.1. The SMILES string of the molecule is OC[C@H]1[C@H](CO)[C@H](O)N[C@H]1O. The maximum Gasteiger partial charge on any atom is 0.112 e. The molecule has 5 N–H and O–H groups in total. The summed E-state index contributed by atoms with van der Waals surface area (Å²) in [7, 11) is 0. The molecule has 0 unspecified atom stereocenters. The van der Waals surface area contributed by atoms with Gasteiger partial charge in [-0.1, -0.05) is 0 Å². The molecule has 5 heteroatoms. The van der Waals surface area contributed by atoms with Gasteiger partial charge >= 0.3 is 0 Å². The summed E-state index contributed by atoms with van der Waals surface area (Å²) >= 11 is 0. The van der Waals surface area contributed by atoms with Crippen LogP contribution in [0, 0.1) is 11.8 Å². The van der Waals surface area contributed by atoms with Crippen molar-refractivity contribution >= 4 is 0 Å². The fourth-order valence-electron chi connectivity index (χ4n) is 1.36. The minimum Gasteiger partial charge on any atom is -0.396 e. The summed E-state index contributed by atoms with van der Waals surface area (Å²) in [6, 6.07) is 0. The Morgan fingerprint density at radius 2 is 1.27 bits per heavy atom. The van der Waals surface area contributed by atoms with Crippen molar-refractivity contribution in [3.63, 3.8) is 0 Å². The number of hydrogen-bond donors (Lipinski definition) is 5. The molecule has 0 aromatic heterocycles. The van der Waals surface area contributed by atoms with E-state index in [4.69, 9.17) is 20.4 Å². The largest absolute Gasteiger partial charge is 0.396 e. The quantitative estimate of drug-likeness (QED) is 0.309. The molecular formula is C6H13NO4. The highest BCUT2D eigenvalue weighted by Gasteiger charge is 2.40. The zero-order chi connectivity index (χ0) is 8.43. The second-order valence-corrected chi connectivity index (χ2v) is 2.75. The van der Waals surface area contributed by atoms with Gasteiger partial charge in [0, 0.05) is 11.8 Å². The standard InChI is InChI=1S/C6H13NO4/c8-1-3-4(2-9)6(11)7-5(3)10/h3-11H,1-2H2/t3-,4-,5-,6-/m0/s1. The average Bonchev–Trinajstić information content (AvgIpc) is 2.24. The van der Waals surface area contributed by atoms with E-state index >= 15 is 0 Å². The van der Waals surface area contributed by atoms with Crippen molar-refractivity contribution in [3.05, 3.63) is 0 Å². The summed E-state index contributed by atoms with van der Waals surface area (Å²) in [5.74, 6) is -0.954. The Bertz CT molecular complexity index is 118. The maximum atomic E-state index is 9.12. The van der Waals surface area contributed by atoms with E-state index in [1.807, 2.05) is 0 Å². The second-order valence-electron chi connectivity index (χ2n) is 2.75. The monoisotopic (exact) mass is 163 g/mol. The molecule has 0 bridgehead atoms. The number of nitrogens with one attached hydrogen (secondary N) is 1. The molecule has 0 amide bonds. The van der Waals surface area contributed by atoms with Crippen molar-refractivity contribution in [2.75, 3.05) is 13.2 Å². The summed E-state index contributed by atoms with van der Waals surface area (Å²) in [6.45, 7) is -0.479. The predicted octanol–water partition coefficient (Wildman–Crippen LogP) is -2.56. The Morgan fingerprint density at radius 3 is 1.55 bits per heavy atom. The molecule has 1 saturated heterocycles. The molecular weight excluding hydrogens is 150 g/mol. The van der Waals surface area contributed by atoms with Gasteiger partial charge < -0.3 is 20.4 Å². The molecule has 0 saturated carbocycles. The molecule has 1 heterocycles. The molecule has 1 aliphatic rings. The molecule has 1 aliphatic heterocycles. The Balaban J connectivity index is 2.59. The van der Waals surface area contributed by atoms with Crippen molar-refractivity contribution < 1.29 is 20.4 Å². The second kappa shape index (κ2) is 3.46. The van der Waals surface area contributed by atoms with Gasteiger partial charge in [-0.3, -0.25) is 5.32 Å². The van der Waals surface area contributed by atoms with Gasteiger partial charge in [0.05, 0.1) is 13.2 Å². The summed E-state index contributed by atoms with van der Waals surface area (Å²) in [4.78, 5) is 0. The topological polar surface area (TPSA) is 93.0 Å². The smallest absolute Gasteiger partial charge is 0.112 e. The third kappa shape index (κ3) is 1.52. The highest BCUT2D eigenvalue weighted by atomic mass is 16.3. The number of aliphatic hydroxyl groups is 4. The summed E-state index contributed by atoms with van der Waals surface area (Å²) in [6.07, 6.45) is -1.85. The fourth-order valence-corrected chi connectivity index (χ4v) is 1.36. The lowest BCUT2D eigenvalue weighted by atomic mass is 9.95. The normalized spacial score (nSPS) is 44.7. The van der Waals surface area contributed by atoms with Crippen molar-refractivity contribution in [2.45, 2.75) is 12.5 Å². The van der Waals surface area contributed by atoms with Gasteiger partial charge in [-0.25, -0.2) is 0 Å². The first-order valence-corrected chi connectivity index (χ1v) is 3.54. The highest BCUT2D eigenvalue weighted by molar-refractivity contribution is 4.86. The van der Waals surface area contributed by atoms with Crippen LogP contribution in [-0.2, 0) is 0 Å². The number of aliphatic hydroxyl groups excluding tert-OH is 4.